The van der Waals surface area contributed by atoms with Crippen LogP contribution in [0, 0.1) is 0 Å². The van der Waals surface area contributed by atoms with Gasteiger partial charge in [0.15, 0.2) is 0 Å². The lowest BCUT2D eigenvalue weighted by molar-refractivity contribution is 0.334. The summed E-state index contributed by atoms with van der Waals surface area (Å²) in [4.78, 5) is 1.06. The molecule has 2 heterocycles. The van der Waals surface area contributed by atoms with Crippen LogP contribution in [0.2, 0.25) is 0 Å². The van der Waals surface area contributed by atoms with E-state index in [-0.39, 0.29) is 0 Å². The summed E-state index contributed by atoms with van der Waals surface area (Å²) < 4.78 is 24.1. The summed E-state index contributed by atoms with van der Waals surface area (Å²) in [5.74, 6) is 0.473. The van der Waals surface area contributed by atoms with E-state index in [1.807, 2.05) is 35.7 Å². The molecule has 25 heavy (non-hydrogen) atoms. The molecule has 0 bridgehead atoms. The molecule has 4 rings (SSSR count). The van der Waals surface area contributed by atoms with Gasteiger partial charge in [-0.2, -0.15) is 5.10 Å². The first kappa shape index (κ1) is 16.1. The second kappa shape index (κ2) is 6.48. The fraction of sp³-hybridized carbons (Fsp3) is 0.0556. The number of fused-ring (bicyclic) bond motifs is 1. The van der Waals surface area contributed by atoms with Crippen LogP contribution < -0.4 is 9.83 Å². The second-order valence-corrected chi connectivity index (χ2v) is 8.37. The molecule has 0 saturated carbocycles. The molecule has 0 aliphatic rings. The topological polar surface area (TPSA) is 64.2 Å². The van der Waals surface area contributed by atoms with Gasteiger partial charge in [0, 0.05) is 12.5 Å². The number of hydrogen-bond acceptors (Lipinski definition) is 5. The van der Waals surface area contributed by atoms with E-state index in [0.717, 1.165) is 21.5 Å². The van der Waals surface area contributed by atoms with Gasteiger partial charge >= 0.3 is 7.60 Å². The zero-order chi connectivity index (χ0) is 17.3. The summed E-state index contributed by atoms with van der Waals surface area (Å²) in [5, 5.41) is 10.8. The first-order valence-corrected chi connectivity index (χ1v) is 10.0. The van der Waals surface area contributed by atoms with E-state index in [0.29, 0.717) is 11.1 Å². The first-order valence-electron chi connectivity index (χ1n) is 7.62. The predicted molar refractivity (Wildman–Crippen MR) is 101 cm³/mol. The maximum atomic E-state index is 13.1. The second-order valence-electron chi connectivity index (χ2n) is 5.36. The molecular formula is C18H15N2O3PS. The first-order chi connectivity index (χ1) is 12.2. The van der Waals surface area contributed by atoms with Crippen molar-refractivity contribution >= 4 is 35.1 Å². The van der Waals surface area contributed by atoms with Crippen LogP contribution in [0.4, 0.5) is 0 Å². The molecule has 0 spiro atoms. The van der Waals surface area contributed by atoms with Crippen molar-refractivity contribution in [2.45, 2.75) is 0 Å². The highest BCUT2D eigenvalue weighted by molar-refractivity contribution is 7.62. The number of nitrogens with zero attached hydrogens (tertiary/aromatic N) is 1. The molecule has 1 unspecified atom stereocenters. The molecule has 2 aromatic carbocycles. The Hall–Kier alpha value is -2.40. The van der Waals surface area contributed by atoms with E-state index >= 15 is 0 Å². The van der Waals surface area contributed by atoms with Crippen molar-refractivity contribution in [3.8, 4) is 16.3 Å². The van der Waals surface area contributed by atoms with Crippen molar-refractivity contribution in [3.05, 3.63) is 66.0 Å². The monoisotopic (exact) mass is 370 g/mol. The number of nitrogens with one attached hydrogen (secondary N) is 1. The van der Waals surface area contributed by atoms with Gasteiger partial charge in [0.1, 0.15) is 11.4 Å². The lowest BCUT2D eigenvalue weighted by Crippen LogP contribution is -2.10. The molecule has 0 fully saturated rings. The average molecular weight is 370 g/mol. The van der Waals surface area contributed by atoms with Crippen molar-refractivity contribution in [3.63, 3.8) is 0 Å². The molecular weight excluding hydrogens is 355 g/mol. The Bertz CT molecular complexity index is 1040. The number of benzene rings is 2. The third kappa shape index (κ3) is 3.00. The van der Waals surface area contributed by atoms with Gasteiger partial charge in [-0.15, -0.1) is 11.3 Å². The molecule has 1 N–H and O–H groups in total. The SMILES string of the molecule is COP(=O)(Oc1ccc2[nH]nc(-c3cccs3)c2c1)c1ccccc1. The van der Waals surface area contributed by atoms with E-state index in [9.17, 15) is 4.57 Å². The Morgan fingerprint density at radius 3 is 2.64 bits per heavy atom. The van der Waals surface area contributed by atoms with Crippen LogP contribution in [0.1, 0.15) is 0 Å². The van der Waals surface area contributed by atoms with Crippen LogP contribution >= 0.6 is 18.9 Å². The largest absolute Gasteiger partial charge is 0.421 e. The van der Waals surface area contributed by atoms with Crippen LogP contribution in [-0.4, -0.2) is 17.3 Å². The Kier molecular flexibility index (Phi) is 4.17. The highest BCUT2D eigenvalue weighted by Gasteiger charge is 2.27. The molecule has 0 aliphatic heterocycles. The number of thiophene rings is 1. The summed E-state index contributed by atoms with van der Waals surface area (Å²) in [5.41, 5.74) is 1.74. The number of hydrogen-bond donors (Lipinski definition) is 1. The lowest BCUT2D eigenvalue weighted by atomic mass is 10.2. The minimum Gasteiger partial charge on any atom is -0.421 e. The molecule has 0 saturated heterocycles. The molecule has 4 aromatic rings. The smallest absolute Gasteiger partial charge is 0.410 e. The van der Waals surface area contributed by atoms with Crippen LogP contribution in [-0.2, 0) is 9.09 Å². The Morgan fingerprint density at radius 2 is 1.92 bits per heavy atom. The summed E-state index contributed by atoms with van der Waals surface area (Å²) in [7, 11) is -2.05. The third-order valence-electron chi connectivity index (χ3n) is 3.83. The minimum atomic E-state index is -3.44. The quantitative estimate of drug-likeness (QED) is 0.511. The normalized spacial score (nSPS) is 13.6. The van der Waals surface area contributed by atoms with Gasteiger partial charge in [-0.3, -0.25) is 9.62 Å². The molecule has 0 aliphatic carbocycles. The van der Waals surface area contributed by atoms with Crippen molar-refractivity contribution in [2.75, 3.05) is 7.11 Å². The van der Waals surface area contributed by atoms with Gasteiger partial charge in [-0.1, -0.05) is 24.3 Å². The highest BCUT2D eigenvalue weighted by atomic mass is 32.1. The molecule has 5 nitrogen and oxygen atoms in total. The maximum absolute atomic E-state index is 13.1. The summed E-state index contributed by atoms with van der Waals surface area (Å²) >= 11 is 1.61. The van der Waals surface area contributed by atoms with Gasteiger partial charge in [-0.25, -0.2) is 4.57 Å². The lowest BCUT2D eigenvalue weighted by Gasteiger charge is -2.17. The number of H-pyrrole nitrogens is 1. The molecule has 0 radical (unpaired) electrons. The van der Waals surface area contributed by atoms with Crippen molar-refractivity contribution in [2.24, 2.45) is 0 Å². The van der Waals surface area contributed by atoms with Crippen molar-refractivity contribution in [1.29, 1.82) is 0 Å². The van der Waals surface area contributed by atoms with E-state index in [1.54, 1.807) is 41.7 Å². The Labute approximate surface area is 148 Å². The van der Waals surface area contributed by atoms with E-state index in [4.69, 9.17) is 9.05 Å². The summed E-state index contributed by atoms with van der Waals surface area (Å²) in [6, 6.07) is 18.4. The van der Waals surface area contributed by atoms with Crippen LogP contribution in [0.5, 0.6) is 5.75 Å². The van der Waals surface area contributed by atoms with Crippen LogP contribution in [0.3, 0.4) is 0 Å². The van der Waals surface area contributed by atoms with Gasteiger partial charge in [0.25, 0.3) is 0 Å². The molecule has 2 aromatic heterocycles. The van der Waals surface area contributed by atoms with Gasteiger partial charge < -0.3 is 4.52 Å². The predicted octanol–water partition coefficient (Wildman–Crippen LogP) is 4.84. The fourth-order valence-electron chi connectivity index (χ4n) is 2.60. The number of rotatable bonds is 5. The van der Waals surface area contributed by atoms with E-state index in [1.165, 1.54) is 7.11 Å². The zero-order valence-electron chi connectivity index (χ0n) is 13.4. The zero-order valence-corrected chi connectivity index (χ0v) is 15.1. The van der Waals surface area contributed by atoms with Crippen LogP contribution in [0.25, 0.3) is 21.5 Å². The summed E-state index contributed by atoms with van der Waals surface area (Å²) in [6.45, 7) is 0. The standard InChI is InChI=1S/C18H15N2O3PS/c1-22-24(21,14-6-3-2-4-7-14)23-13-9-10-16-15(12-13)18(20-19-16)17-8-5-11-25-17/h2-12H,1H3,(H,19,20). The minimum absolute atomic E-state index is 0.473. The Morgan fingerprint density at radius 1 is 1.08 bits per heavy atom. The fourth-order valence-corrected chi connectivity index (χ4v) is 4.64. The van der Waals surface area contributed by atoms with E-state index < -0.39 is 7.60 Å². The van der Waals surface area contributed by atoms with Crippen LogP contribution in [0.15, 0.2) is 66.0 Å². The molecule has 0 amide bonds. The van der Waals surface area contributed by atoms with Gasteiger partial charge in [-0.05, 0) is 41.8 Å². The van der Waals surface area contributed by atoms with E-state index in [2.05, 4.69) is 10.2 Å². The number of aromatic amines is 1. The molecule has 1 atom stereocenters. The Balaban J connectivity index is 1.74. The third-order valence-corrected chi connectivity index (χ3v) is 6.57. The number of aromatic nitrogens is 2. The van der Waals surface area contributed by atoms with Crippen molar-refractivity contribution in [1.82, 2.24) is 10.2 Å². The average Bonchev–Trinajstić information content (AvgIpc) is 3.31. The molecule has 126 valence electrons. The van der Waals surface area contributed by atoms with Gasteiger partial charge in [0.2, 0.25) is 0 Å². The van der Waals surface area contributed by atoms with Gasteiger partial charge in [0.05, 0.1) is 15.7 Å². The molecule has 7 heteroatoms. The highest BCUT2D eigenvalue weighted by Crippen LogP contribution is 2.47. The van der Waals surface area contributed by atoms with Crippen molar-refractivity contribution < 1.29 is 13.6 Å². The summed E-state index contributed by atoms with van der Waals surface area (Å²) in [6.07, 6.45) is 0. The maximum Gasteiger partial charge on any atom is 0.410 e.